The highest BCUT2D eigenvalue weighted by Gasteiger charge is 2.13. The highest BCUT2D eigenvalue weighted by Crippen LogP contribution is 2.30. The molecule has 2 heterocycles. The van der Waals surface area contributed by atoms with Crippen LogP contribution in [0.3, 0.4) is 0 Å². The van der Waals surface area contributed by atoms with Gasteiger partial charge < -0.3 is 14.8 Å². The maximum atomic E-state index is 12.5. The van der Waals surface area contributed by atoms with Crippen LogP contribution >= 0.6 is 11.3 Å². The van der Waals surface area contributed by atoms with Gasteiger partial charge in [0.15, 0.2) is 0 Å². The number of carboxylic acids is 1. The lowest BCUT2D eigenvalue weighted by Gasteiger charge is -2.06. The topological polar surface area (TPSA) is 92.4 Å². The molecule has 0 saturated heterocycles. The molecule has 27 heavy (non-hydrogen) atoms. The van der Waals surface area contributed by atoms with Crippen molar-refractivity contribution in [3.8, 4) is 10.6 Å². The molecule has 2 aromatic heterocycles. The predicted octanol–water partition coefficient (Wildman–Crippen LogP) is 4.35. The zero-order valence-corrected chi connectivity index (χ0v) is 15.1. The average Bonchev–Trinajstić information content (AvgIpc) is 3.08. The van der Waals surface area contributed by atoms with E-state index in [2.05, 4.69) is 10.3 Å². The van der Waals surface area contributed by atoms with Crippen molar-refractivity contribution in [2.75, 3.05) is 11.9 Å². The number of aromatic nitrogens is 1. The summed E-state index contributed by atoms with van der Waals surface area (Å²) in [5.74, 6) is -0.816. The first-order valence-electron chi connectivity index (χ1n) is 8.50. The molecule has 0 aliphatic heterocycles. The summed E-state index contributed by atoms with van der Waals surface area (Å²) >= 11 is 1.46. The van der Waals surface area contributed by atoms with Gasteiger partial charge in [-0.3, -0.25) is 4.79 Å². The lowest BCUT2D eigenvalue weighted by Crippen LogP contribution is -2.05. The molecule has 0 fully saturated rings. The van der Waals surface area contributed by atoms with E-state index in [0.29, 0.717) is 29.1 Å². The van der Waals surface area contributed by atoms with Crippen LogP contribution in [0.15, 0.2) is 57.7 Å². The first-order chi connectivity index (χ1) is 13.1. The van der Waals surface area contributed by atoms with Crippen LogP contribution < -0.4 is 10.9 Å². The highest BCUT2D eigenvalue weighted by atomic mass is 32.1. The van der Waals surface area contributed by atoms with Crippen molar-refractivity contribution >= 4 is 44.2 Å². The predicted molar refractivity (Wildman–Crippen MR) is 106 cm³/mol. The summed E-state index contributed by atoms with van der Waals surface area (Å²) < 4.78 is 6.53. The average molecular weight is 380 g/mol. The third-order valence-electron chi connectivity index (χ3n) is 4.16. The van der Waals surface area contributed by atoms with E-state index in [0.717, 1.165) is 21.3 Å². The number of anilines is 1. The molecule has 0 bridgehead atoms. The summed E-state index contributed by atoms with van der Waals surface area (Å²) in [4.78, 5) is 27.5. The SMILES string of the molecule is O=C(O)CCCNc1ccc2cc(-c3nc4ccccc4s3)c(=O)oc2c1. The number of carboxylic acid groups (broad SMARTS) is 1. The fourth-order valence-electron chi connectivity index (χ4n) is 2.83. The van der Waals surface area contributed by atoms with Crippen molar-refractivity contribution in [1.29, 1.82) is 0 Å². The van der Waals surface area contributed by atoms with E-state index in [1.54, 1.807) is 12.1 Å². The van der Waals surface area contributed by atoms with Crippen LogP contribution in [0.25, 0.3) is 31.8 Å². The molecule has 4 rings (SSSR count). The lowest BCUT2D eigenvalue weighted by atomic mass is 10.1. The van der Waals surface area contributed by atoms with Crippen molar-refractivity contribution in [2.24, 2.45) is 0 Å². The molecule has 2 aromatic carbocycles. The number of para-hydroxylation sites is 1. The Bertz CT molecular complexity index is 1160. The Labute approximate surface area is 158 Å². The molecule has 0 aliphatic carbocycles. The summed E-state index contributed by atoms with van der Waals surface area (Å²) in [7, 11) is 0. The van der Waals surface area contributed by atoms with Gasteiger partial charge in [0.05, 0.1) is 15.8 Å². The van der Waals surface area contributed by atoms with Gasteiger partial charge in [0.25, 0.3) is 0 Å². The van der Waals surface area contributed by atoms with Crippen LogP contribution in [-0.2, 0) is 4.79 Å². The van der Waals surface area contributed by atoms with E-state index in [9.17, 15) is 9.59 Å². The summed E-state index contributed by atoms with van der Waals surface area (Å²) in [5, 5.41) is 13.3. The van der Waals surface area contributed by atoms with Gasteiger partial charge in [-0.25, -0.2) is 9.78 Å². The zero-order valence-electron chi connectivity index (χ0n) is 14.3. The van der Waals surface area contributed by atoms with Crippen molar-refractivity contribution in [3.63, 3.8) is 0 Å². The van der Waals surface area contributed by atoms with Gasteiger partial charge in [-0.1, -0.05) is 12.1 Å². The second kappa shape index (κ2) is 7.20. The van der Waals surface area contributed by atoms with Crippen LogP contribution in [0.4, 0.5) is 5.69 Å². The Morgan fingerprint density at radius 3 is 2.85 bits per heavy atom. The van der Waals surface area contributed by atoms with Crippen LogP contribution in [0.1, 0.15) is 12.8 Å². The van der Waals surface area contributed by atoms with Crippen LogP contribution in [0.5, 0.6) is 0 Å². The maximum absolute atomic E-state index is 12.5. The Kier molecular flexibility index (Phi) is 4.60. The smallest absolute Gasteiger partial charge is 0.346 e. The molecule has 7 heteroatoms. The third-order valence-corrected chi connectivity index (χ3v) is 5.23. The summed E-state index contributed by atoms with van der Waals surface area (Å²) in [6.45, 7) is 0.534. The monoisotopic (exact) mass is 380 g/mol. The number of thiazole rings is 1. The van der Waals surface area contributed by atoms with Crippen molar-refractivity contribution in [2.45, 2.75) is 12.8 Å². The van der Waals surface area contributed by atoms with Crippen molar-refractivity contribution in [1.82, 2.24) is 4.98 Å². The van der Waals surface area contributed by atoms with Gasteiger partial charge in [-0.2, -0.15) is 0 Å². The highest BCUT2D eigenvalue weighted by molar-refractivity contribution is 7.21. The lowest BCUT2D eigenvalue weighted by molar-refractivity contribution is -0.137. The normalized spacial score (nSPS) is 11.1. The van der Waals surface area contributed by atoms with Crippen LogP contribution in [0, 0.1) is 0 Å². The summed E-state index contributed by atoms with van der Waals surface area (Å²) in [5.41, 5.74) is 2.14. The minimum absolute atomic E-state index is 0.112. The number of nitrogens with zero attached hydrogens (tertiary/aromatic N) is 1. The van der Waals surface area contributed by atoms with E-state index in [4.69, 9.17) is 9.52 Å². The van der Waals surface area contributed by atoms with Crippen LogP contribution in [0.2, 0.25) is 0 Å². The zero-order chi connectivity index (χ0) is 18.8. The number of benzene rings is 2. The van der Waals surface area contributed by atoms with E-state index in [1.165, 1.54) is 11.3 Å². The second-order valence-electron chi connectivity index (χ2n) is 6.11. The molecule has 0 amide bonds. The van der Waals surface area contributed by atoms with Crippen molar-refractivity contribution in [3.05, 3.63) is 59.0 Å². The quantitative estimate of drug-likeness (QED) is 0.382. The van der Waals surface area contributed by atoms with Gasteiger partial charge in [0.1, 0.15) is 10.6 Å². The van der Waals surface area contributed by atoms with Gasteiger partial charge in [0, 0.05) is 30.1 Å². The number of hydrogen-bond acceptors (Lipinski definition) is 6. The van der Waals surface area contributed by atoms with Gasteiger partial charge in [0.2, 0.25) is 0 Å². The molecule has 4 aromatic rings. The largest absolute Gasteiger partial charge is 0.481 e. The molecule has 0 aliphatic rings. The number of nitrogens with one attached hydrogen (secondary N) is 1. The van der Waals surface area contributed by atoms with Gasteiger partial charge in [-0.05, 0) is 36.8 Å². The Balaban J connectivity index is 1.63. The number of hydrogen-bond donors (Lipinski definition) is 2. The van der Waals surface area contributed by atoms with E-state index < -0.39 is 11.6 Å². The molecular weight excluding hydrogens is 364 g/mol. The summed E-state index contributed by atoms with van der Waals surface area (Å²) in [6, 6.07) is 15.0. The van der Waals surface area contributed by atoms with Gasteiger partial charge in [-0.15, -0.1) is 11.3 Å². The fraction of sp³-hybridized carbons (Fsp3) is 0.150. The van der Waals surface area contributed by atoms with E-state index >= 15 is 0 Å². The molecule has 0 atom stereocenters. The maximum Gasteiger partial charge on any atom is 0.346 e. The van der Waals surface area contributed by atoms with Gasteiger partial charge >= 0.3 is 11.6 Å². The third kappa shape index (κ3) is 3.68. The number of rotatable bonds is 6. The molecule has 6 nitrogen and oxygen atoms in total. The molecule has 0 spiro atoms. The first kappa shape index (κ1) is 17.2. The number of carbonyl (C=O) groups is 1. The Morgan fingerprint density at radius 2 is 2.04 bits per heavy atom. The molecule has 2 N–H and O–H groups in total. The minimum atomic E-state index is -0.816. The van der Waals surface area contributed by atoms with Crippen molar-refractivity contribution < 1.29 is 14.3 Å². The molecule has 0 radical (unpaired) electrons. The first-order valence-corrected chi connectivity index (χ1v) is 9.31. The Morgan fingerprint density at radius 1 is 1.19 bits per heavy atom. The fourth-order valence-corrected chi connectivity index (χ4v) is 3.80. The Hall–Kier alpha value is -3.19. The molecule has 136 valence electrons. The summed E-state index contributed by atoms with van der Waals surface area (Å²) in [6.07, 6.45) is 0.634. The van der Waals surface area contributed by atoms with Crippen LogP contribution in [-0.4, -0.2) is 22.6 Å². The molecular formula is C20H16N2O4S. The number of fused-ring (bicyclic) bond motifs is 2. The van der Waals surface area contributed by atoms with E-state index in [1.807, 2.05) is 36.4 Å². The standard InChI is InChI=1S/C20H16N2O4S/c23-18(24)6-3-9-21-13-8-7-12-10-14(20(25)26-16(12)11-13)19-22-15-4-1-2-5-17(15)27-19/h1-2,4-5,7-8,10-11,21H,3,6,9H2,(H,23,24). The number of aliphatic carboxylic acids is 1. The molecule has 0 saturated carbocycles. The molecule has 0 unspecified atom stereocenters. The van der Waals surface area contributed by atoms with E-state index in [-0.39, 0.29) is 6.42 Å². The minimum Gasteiger partial charge on any atom is -0.481 e. The second-order valence-corrected chi connectivity index (χ2v) is 7.14.